The molecule has 1 aliphatic carbocycles. The minimum atomic E-state index is -2.85. The molecule has 1 saturated carbocycles. The first-order valence-corrected chi connectivity index (χ1v) is 8.49. The average Bonchev–Trinajstić information content (AvgIpc) is 3.15. The van der Waals surface area contributed by atoms with Crippen molar-refractivity contribution in [2.75, 3.05) is 7.05 Å². The van der Waals surface area contributed by atoms with Gasteiger partial charge in [0.25, 0.3) is 0 Å². The van der Waals surface area contributed by atoms with E-state index in [4.69, 9.17) is 4.42 Å². The predicted molar refractivity (Wildman–Crippen MR) is 93.8 cm³/mol. The molecule has 1 aliphatic rings. The Hall–Kier alpha value is -2.63. The van der Waals surface area contributed by atoms with Gasteiger partial charge in [0.2, 0.25) is 5.91 Å². The van der Waals surface area contributed by atoms with Gasteiger partial charge in [0.05, 0.1) is 6.54 Å². The maximum Gasteiger partial charge on any atom is 0.387 e. The SMILES string of the molecule is C[C@@H]1C[C@@H]1c1ccc(CN(C)C(=O)/C=C/c2ccc(OC(F)F)cc2)o1. The van der Waals surface area contributed by atoms with Crippen LogP contribution in [0.4, 0.5) is 8.78 Å². The standard InChI is InChI=1S/C20H21F2NO3/c1-13-11-17(13)18-9-8-16(25-18)12-23(2)19(24)10-5-14-3-6-15(7-4-14)26-20(21)22/h3-10,13,17,20H,11-12H2,1-2H3/b10-5+/t13-,17+/m1/s1. The third-order valence-corrected chi connectivity index (χ3v) is 4.45. The van der Waals surface area contributed by atoms with Crippen molar-refractivity contribution < 1.29 is 22.7 Å². The lowest BCUT2D eigenvalue weighted by Crippen LogP contribution is -2.23. The molecule has 1 fully saturated rings. The second-order valence-corrected chi connectivity index (χ2v) is 6.60. The van der Waals surface area contributed by atoms with Crippen LogP contribution in [0.25, 0.3) is 6.08 Å². The van der Waals surface area contributed by atoms with E-state index in [2.05, 4.69) is 11.7 Å². The van der Waals surface area contributed by atoms with Crippen molar-refractivity contribution >= 4 is 12.0 Å². The quantitative estimate of drug-likeness (QED) is 0.673. The summed E-state index contributed by atoms with van der Waals surface area (Å²) in [6, 6.07) is 9.98. The number of alkyl halides is 2. The fourth-order valence-electron chi connectivity index (χ4n) is 2.76. The van der Waals surface area contributed by atoms with Gasteiger partial charge in [0.1, 0.15) is 17.3 Å². The molecule has 0 N–H and O–H groups in total. The number of ether oxygens (including phenoxy) is 1. The second kappa shape index (κ2) is 7.72. The number of amides is 1. The van der Waals surface area contributed by atoms with E-state index in [1.807, 2.05) is 12.1 Å². The Bertz CT molecular complexity index is 783. The molecule has 2 atom stereocenters. The molecule has 0 unspecified atom stereocenters. The van der Waals surface area contributed by atoms with Crippen LogP contribution in [0, 0.1) is 5.92 Å². The fourth-order valence-corrected chi connectivity index (χ4v) is 2.76. The number of rotatable bonds is 7. The van der Waals surface area contributed by atoms with E-state index in [-0.39, 0.29) is 11.7 Å². The normalized spacial score (nSPS) is 19.1. The van der Waals surface area contributed by atoms with E-state index >= 15 is 0 Å². The molecule has 26 heavy (non-hydrogen) atoms. The van der Waals surface area contributed by atoms with Gasteiger partial charge in [-0.15, -0.1) is 0 Å². The van der Waals surface area contributed by atoms with Gasteiger partial charge in [-0.2, -0.15) is 8.78 Å². The Morgan fingerprint density at radius 2 is 2.00 bits per heavy atom. The van der Waals surface area contributed by atoms with Crippen LogP contribution in [0.2, 0.25) is 0 Å². The first kappa shape index (κ1) is 18.2. The van der Waals surface area contributed by atoms with Crippen LogP contribution in [0.5, 0.6) is 5.75 Å². The van der Waals surface area contributed by atoms with Crippen LogP contribution in [0.3, 0.4) is 0 Å². The summed E-state index contributed by atoms with van der Waals surface area (Å²) >= 11 is 0. The van der Waals surface area contributed by atoms with E-state index in [0.29, 0.717) is 18.4 Å². The molecule has 3 rings (SSSR count). The maximum atomic E-state index is 12.2. The number of hydrogen-bond donors (Lipinski definition) is 0. The van der Waals surface area contributed by atoms with E-state index in [0.717, 1.165) is 23.5 Å². The molecule has 0 spiro atoms. The predicted octanol–water partition coefficient (Wildman–Crippen LogP) is 4.68. The highest BCUT2D eigenvalue weighted by Crippen LogP contribution is 2.47. The highest BCUT2D eigenvalue weighted by Gasteiger charge is 2.36. The summed E-state index contributed by atoms with van der Waals surface area (Å²) in [6.45, 7) is -0.262. The minimum Gasteiger partial charge on any atom is -0.464 e. The molecular weight excluding hydrogens is 340 g/mol. The molecule has 1 aromatic heterocycles. The number of nitrogens with zero attached hydrogens (tertiary/aromatic N) is 1. The summed E-state index contributed by atoms with van der Waals surface area (Å²) in [5, 5.41) is 0. The van der Waals surface area contributed by atoms with Gasteiger partial charge >= 0.3 is 6.61 Å². The highest BCUT2D eigenvalue weighted by atomic mass is 19.3. The fraction of sp³-hybridized carbons (Fsp3) is 0.350. The zero-order valence-electron chi connectivity index (χ0n) is 14.7. The van der Waals surface area contributed by atoms with Gasteiger partial charge in [-0.3, -0.25) is 4.79 Å². The van der Waals surface area contributed by atoms with Crippen molar-refractivity contribution in [2.24, 2.45) is 5.92 Å². The zero-order chi connectivity index (χ0) is 18.7. The molecule has 2 aromatic rings. The highest BCUT2D eigenvalue weighted by molar-refractivity contribution is 5.91. The Morgan fingerprint density at radius 1 is 1.31 bits per heavy atom. The molecule has 0 saturated heterocycles. The monoisotopic (exact) mass is 361 g/mol. The Morgan fingerprint density at radius 3 is 2.62 bits per heavy atom. The minimum absolute atomic E-state index is 0.0826. The van der Waals surface area contributed by atoms with Crippen molar-refractivity contribution in [3.8, 4) is 5.75 Å². The lowest BCUT2D eigenvalue weighted by atomic mass is 10.2. The molecule has 1 aromatic carbocycles. The second-order valence-electron chi connectivity index (χ2n) is 6.60. The largest absolute Gasteiger partial charge is 0.464 e. The molecule has 138 valence electrons. The van der Waals surface area contributed by atoms with Crippen LogP contribution in [-0.4, -0.2) is 24.5 Å². The van der Waals surface area contributed by atoms with E-state index in [9.17, 15) is 13.6 Å². The van der Waals surface area contributed by atoms with Gasteiger partial charge in [-0.25, -0.2) is 0 Å². The number of furan rings is 1. The summed E-state index contributed by atoms with van der Waals surface area (Å²) in [4.78, 5) is 13.8. The lowest BCUT2D eigenvalue weighted by Gasteiger charge is -2.13. The summed E-state index contributed by atoms with van der Waals surface area (Å²) in [5.41, 5.74) is 0.719. The summed E-state index contributed by atoms with van der Waals surface area (Å²) in [7, 11) is 1.70. The smallest absolute Gasteiger partial charge is 0.387 e. The van der Waals surface area contributed by atoms with Crippen molar-refractivity contribution in [3.05, 3.63) is 59.6 Å². The lowest BCUT2D eigenvalue weighted by molar-refractivity contribution is -0.125. The first-order chi connectivity index (χ1) is 12.4. The number of halogens is 2. The van der Waals surface area contributed by atoms with Gasteiger partial charge in [0, 0.05) is 19.0 Å². The summed E-state index contributed by atoms with van der Waals surface area (Å²) in [6.07, 6.45) is 4.23. The third-order valence-electron chi connectivity index (χ3n) is 4.45. The number of carbonyl (C=O) groups excluding carboxylic acids is 1. The average molecular weight is 361 g/mol. The first-order valence-electron chi connectivity index (χ1n) is 8.49. The summed E-state index contributed by atoms with van der Waals surface area (Å²) in [5.74, 6) is 2.86. The molecule has 0 aliphatic heterocycles. The van der Waals surface area contributed by atoms with Gasteiger partial charge in [-0.05, 0) is 48.2 Å². The zero-order valence-corrected chi connectivity index (χ0v) is 14.7. The number of likely N-dealkylation sites (N-methyl/N-ethyl adjacent to an activating group) is 1. The Labute approximate surface area is 151 Å². The maximum absolute atomic E-state index is 12.2. The van der Waals surface area contributed by atoms with Crippen molar-refractivity contribution in [1.82, 2.24) is 4.90 Å². The summed E-state index contributed by atoms with van der Waals surface area (Å²) < 4.78 is 34.3. The van der Waals surface area contributed by atoms with Gasteiger partial charge < -0.3 is 14.1 Å². The van der Waals surface area contributed by atoms with E-state index in [1.54, 1.807) is 30.2 Å². The molecule has 0 radical (unpaired) electrons. The molecule has 6 heteroatoms. The van der Waals surface area contributed by atoms with E-state index in [1.165, 1.54) is 18.2 Å². The van der Waals surface area contributed by atoms with Crippen molar-refractivity contribution in [3.63, 3.8) is 0 Å². The number of benzene rings is 1. The third kappa shape index (κ3) is 4.71. The van der Waals surface area contributed by atoms with Gasteiger partial charge in [-0.1, -0.05) is 19.1 Å². The van der Waals surface area contributed by atoms with Crippen molar-refractivity contribution in [2.45, 2.75) is 32.4 Å². The van der Waals surface area contributed by atoms with Crippen LogP contribution in [0.1, 0.15) is 36.3 Å². The van der Waals surface area contributed by atoms with Crippen LogP contribution in [0.15, 0.2) is 46.9 Å². The van der Waals surface area contributed by atoms with Crippen LogP contribution < -0.4 is 4.74 Å². The van der Waals surface area contributed by atoms with Crippen LogP contribution in [-0.2, 0) is 11.3 Å². The molecular formula is C20H21F2NO3. The Kier molecular flexibility index (Phi) is 5.40. The molecule has 1 heterocycles. The topological polar surface area (TPSA) is 42.7 Å². The Balaban J connectivity index is 1.53. The number of carbonyl (C=O) groups is 1. The van der Waals surface area contributed by atoms with Crippen LogP contribution >= 0.6 is 0 Å². The molecule has 1 amide bonds. The van der Waals surface area contributed by atoms with E-state index < -0.39 is 6.61 Å². The number of hydrogen-bond acceptors (Lipinski definition) is 3. The molecule has 0 bridgehead atoms. The molecule has 4 nitrogen and oxygen atoms in total. The van der Waals surface area contributed by atoms with Gasteiger partial charge in [0.15, 0.2) is 0 Å². The van der Waals surface area contributed by atoms with Crippen molar-refractivity contribution in [1.29, 1.82) is 0 Å².